The first-order chi connectivity index (χ1) is 9.56. The Balaban J connectivity index is 2.05. The van der Waals surface area contributed by atoms with Crippen LogP contribution in [0.15, 0.2) is 36.4 Å². The third kappa shape index (κ3) is 3.84. The van der Waals surface area contributed by atoms with Gasteiger partial charge in [0.1, 0.15) is 0 Å². The molecule has 1 aromatic carbocycles. The maximum atomic E-state index is 12.3. The van der Waals surface area contributed by atoms with Crippen LogP contribution in [0.2, 0.25) is 0 Å². The van der Waals surface area contributed by atoms with E-state index in [1.54, 1.807) is 11.3 Å². The molecule has 4 heteroatoms. The van der Waals surface area contributed by atoms with Crippen molar-refractivity contribution in [3.8, 4) is 0 Å². The molecule has 20 heavy (non-hydrogen) atoms. The molecule has 0 spiro atoms. The van der Waals surface area contributed by atoms with Crippen LogP contribution in [0.3, 0.4) is 0 Å². The van der Waals surface area contributed by atoms with E-state index in [2.05, 4.69) is 43.5 Å². The first-order valence-corrected chi connectivity index (χ1v) is 7.57. The first-order valence-electron chi connectivity index (χ1n) is 6.75. The lowest BCUT2D eigenvalue weighted by Gasteiger charge is -2.14. The standard InChI is InChI=1S/C16H20N2OS/c1-11(2)18-15-7-5-4-6-14(15)16(19)17-10-13-9-8-12(3)20-13/h4-9,11,18H,10H2,1-3H3,(H,17,19). The zero-order valence-corrected chi connectivity index (χ0v) is 12.9. The Morgan fingerprint density at radius 1 is 1.20 bits per heavy atom. The number of hydrogen-bond acceptors (Lipinski definition) is 3. The Labute approximate surface area is 124 Å². The minimum Gasteiger partial charge on any atom is -0.382 e. The molecule has 3 nitrogen and oxygen atoms in total. The number of hydrogen-bond donors (Lipinski definition) is 2. The number of aryl methyl sites for hydroxylation is 1. The van der Waals surface area contributed by atoms with E-state index in [0.717, 1.165) is 5.69 Å². The van der Waals surface area contributed by atoms with E-state index in [9.17, 15) is 4.79 Å². The lowest BCUT2D eigenvalue weighted by Crippen LogP contribution is -2.24. The van der Waals surface area contributed by atoms with Gasteiger partial charge in [-0.15, -0.1) is 11.3 Å². The van der Waals surface area contributed by atoms with Crippen LogP contribution in [0.5, 0.6) is 0 Å². The minimum absolute atomic E-state index is 0.0418. The van der Waals surface area contributed by atoms with Crippen molar-refractivity contribution in [3.05, 3.63) is 51.7 Å². The number of nitrogens with one attached hydrogen (secondary N) is 2. The van der Waals surface area contributed by atoms with Gasteiger partial charge in [0.15, 0.2) is 0 Å². The molecule has 1 amide bonds. The fourth-order valence-corrected chi connectivity index (χ4v) is 2.79. The van der Waals surface area contributed by atoms with Gasteiger partial charge in [0.05, 0.1) is 12.1 Å². The van der Waals surface area contributed by atoms with Crippen LogP contribution in [-0.2, 0) is 6.54 Å². The van der Waals surface area contributed by atoms with Crippen LogP contribution in [0.1, 0.15) is 34.0 Å². The van der Waals surface area contributed by atoms with Crippen molar-refractivity contribution >= 4 is 22.9 Å². The van der Waals surface area contributed by atoms with Gasteiger partial charge in [-0.25, -0.2) is 0 Å². The highest BCUT2D eigenvalue weighted by Gasteiger charge is 2.11. The molecule has 0 atom stereocenters. The van der Waals surface area contributed by atoms with Crippen LogP contribution in [-0.4, -0.2) is 11.9 Å². The molecule has 0 radical (unpaired) electrons. The minimum atomic E-state index is -0.0418. The molecule has 0 aliphatic rings. The number of carbonyl (C=O) groups is 1. The van der Waals surface area contributed by atoms with E-state index in [4.69, 9.17) is 0 Å². The molecule has 0 fully saturated rings. The summed E-state index contributed by atoms with van der Waals surface area (Å²) in [5, 5.41) is 6.27. The highest BCUT2D eigenvalue weighted by Crippen LogP contribution is 2.17. The van der Waals surface area contributed by atoms with Gasteiger partial charge in [-0.2, -0.15) is 0 Å². The first kappa shape index (κ1) is 14.6. The number of carbonyl (C=O) groups excluding carboxylic acids is 1. The van der Waals surface area contributed by atoms with Crippen LogP contribution < -0.4 is 10.6 Å². The fourth-order valence-electron chi connectivity index (χ4n) is 1.96. The predicted molar refractivity (Wildman–Crippen MR) is 85.4 cm³/mol. The number of thiophene rings is 1. The summed E-state index contributed by atoms with van der Waals surface area (Å²) < 4.78 is 0. The Hall–Kier alpha value is -1.81. The van der Waals surface area contributed by atoms with E-state index in [1.807, 2.05) is 24.3 Å². The van der Waals surface area contributed by atoms with E-state index >= 15 is 0 Å². The van der Waals surface area contributed by atoms with Crippen molar-refractivity contribution in [3.63, 3.8) is 0 Å². The SMILES string of the molecule is Cc1ccc(CNC(=O)c2ccccc2NC(C)C)s1. The monoisotopic (exact) mass is 288 g/mol. The van der Waals surface area contributed by atoms with E-state index in [1.165, 1.54) is 9.75 Å². The van der Waals surface area contributed by atoms with E-state index < -0.39 is 0 Å². The Morgan fingerprint density at radius 3 is 2.60 bits per heavy atom. The second kappa shape index (κ2) is 6.57. The number of benzene rings is 1. The average molecular weight is 288 g/mol. The number of amides is 1. The van der Waals surface area contributed by atoms with E-state index in [-0.39, 0.29) is 5.91 Å². The summed E-state index contributed by atoms with van der Waals surface area (Å²) in [6, 6.07) is 12.0. The topological polar surface area (TPSA) is 41.1 Å². The third-order valence-corrected chi connectivity index (χ3v) is 3.84. The van der Waals surface area contributed by atoms with Crippen molar-refractivity contribution in [1.82, 2.24) is 5.32 Å². The summed E-state index contributed by atoms with van der Waals surface area (Å²) in [5.74, 6) is -0.0418. The molecule has 2 rings (SSSR count). The second-order valence-corrected chi connectivity index (χ2v) is 6.41. The van der Waals surface area contributed by atoms with Gasteiger partial charge >= 0.3 is 0 Å². The molecule has 1 aromatic heterocycles. The largest absolute Gasteiger partial charge is 0.382 e. The molecule has 2 aromatic rings. The molecule has 0 bridgehead atoms. The van der Waals surface area contributed by atoms with Gasteiger partial charge < -0.3 is 10.6 Å². The fraction of sp³-hybridized carbons (Fsp3) is 0.312. The summed E-state index contributed by atoms with van der Waals surface area (Å²) in [4.78, 5) is 14.7. The van der Waals surface area contributed by atoms with Crippen LogP contribution in [0.4, 0.5) is 5.69 Å². The second-order valence-electron chi connectivity index (χ2n) is 5.04. The summed E-state index contributed by atoms with van der Waals surface area (Å²) in [7, 11) is 0. The number of anilines is 1. The molecule has 0 aliphatic carbocycles. The molecule has 1 heterocycles. The molecule has 2 N–H and O–H groups in total. The summed E-state index contributed by atoms with van der Waals surface area (Å²) in [6.45, 7) is 6.76. The molecule has 106 valence electrons. The summed E-state index contributed by atoms with van der Waals surface area (Å²) in [5.41, 5.74) is 1.57. The molecule has 0 saturated heterocycles. The number of rotatable bonds is 5. The van der Waals surface area contributed by atoms with Crippen molar-refractivity contribution in [2.45, 2.75) is 33.4 Å². The Kier molecular flexibility index (Phi) is 4.79. The third-order valence-electron chi connectivity index (χ3n) is 2.84. The summed E-state index contributed by atoms with van der Waals surface area (Å²) in [6.07, 6.45) is 0. The quantitative estimate of drug-likeness (QED) is 0.878. The van der Waals surface area contributed by atoms with Crippen LogP contribution in [0, 0.1) is 6.92 Å². The maximum absolute atomic E-state index is 12.3. The Bertz CT molecular complexity index is 590. The molecule has 0 aliphatic heterocycles. The molecular weight excluding hydrogens is 268 g/mol. The van der Waals surface area contributed by atoms with Crippen molar-refractivity contribution in [1.29, 1.82) is 0 Å². The highest BCUT2D eigenvalue weighted by molar-refractivity contribution is 7.11. The van der Waals surface area contributed by atoms with Gasteiger partial charge in [0, 0.05) is 21.5 Å². The number of para-hydroxylation sites is 1. The zero-order chi connectivity index (χ0) is 14.5. The molecule has 0 saturated carbocycles. The zero-order valence-electron chi connectivity index (χ0n) is 12.1. The van der Waals surface area contributed by atoms with Crippen LogP contribution >= 0.6 is 11.3 Å². The van der Waals surface area contributed by atoms with E-state index in [0.29, 0.717) is 18.2 Å². The van der Waals surface area contributed by atoms with Gasteiger partial charge in [-0.3, -0.25) is 4.79 Å². The smallest absolute Gasteiger partial charge is 0.253 e. The van der Waals surface area contributed by atoms with Crippen molar-refractivity contribution in [2.75, 3.05) is 5.32 Å². The van der Waals surface area contributed by atoms with Crippen molar-refractivity contribution in [2.24, 2.45) is 0 Å². The molecular formula is C16H20N2OS. The molecule has 0 unspecified atom stereocenters. The summed E-state index contributed by atoms with van der Waals surface area (Å²) >= 11 is 1.71. The van der Waals surface area contributed by atoms with Gasteiger partial charge in [0.25, 0.3) is 5.91 Å². The Morgan fingerprint density at radius 2 is 1.95 bits per heavy atom. The maximum Gasteiger partial charge on any atom is 0.253 e. The predicted octanol–water partition coefficient (Wildman–Crippen LogP) is 3.81. The average Bonchev–Trinajstić information content (AvgIpc) is 2.82. The van der Waals surface area contributed by atoms with Gasteiger partial charge in [-0.1, -0.05) is 12.1 Å². The lowest BCUT2D eigenvalue weighted by molar-refractivity contribution is 0.0952. The van der Waals surface area contributed by atoms with Gasteiger partial charge in [0.2, 0.25) is 0 Å². The highest BCUT2D eigenvalue weighted by atomic mass is 32.1. The lowest BCUT2D eigenvalue weighted by atomic mass is 10.1. The van der Waals surface area contributed by atoms with Crippen molar-refractivity contribution < 1.29 is 4.79 Å². The van der Waals surface area contributed by atoms with Crippen LogP contribution in [0.25, 0.3) is 0 Å². The van der Waals surface area contributed by atoms with Gasteiger partial charge in [-0.05, 0) is 45.0 Å². The normalized spacial score (nSPS) is 10.6.